The third-order valence-corrected chi connectivity index (χ3v) is 2.62. The fourth-order valence-corrected chi connectivity index (χ4v) is 1.56. The van der Waals surface area contributed by atoms with E-state index in [1.54, 1.807) is 0 Å². The highest BCUT2D eigenvalue weighted by molar-refractivity contribution is 5.75. The van der Waals surface area contributed by atoms with Crippen LogP contribution in [0, 0.1) is 10.1 Å². The van der Waals surface area contributed by atoms with E-state index in [0.717, 1.165) is 26.2 Å². The van der Waals surface area contributed by atoms with Crippen LogP contribution in [0.2, 0.25) is 0 Å². The lowest BCUT2D eigenvalue weighted by atomic mass is 10.4. The van der Waals surface area contributed by atoms with Crippen molar-refractivity contribution in [3.8, 4) is 0 Å². The molecular formula is C10H14N4O3. The molecule has 0 unspecified atom stereocenters. The Morgan fingerprint density at radius 2 is 2.12 bits per heavy atom. The quantitative estimate of drug-likeness (QED) is 0.441. The van der Waals surface area contributed by atoms with E-state index >= 15 is 0 Å². The number of likely N-dealkylation sites (N-methyl/N-ethyl adjacent to an activating group) is 1. The number of piperazine rings is 1. The summed E-state index contributed by atoms with van der Waals surface area (Å²) >= 11 is 0. The third kappa shape index (κ3) is 3.04. The summed E-state index contributed by atoms with van der Waals surface area (Å²) < 4.78 is 4.97. The summed E-state index contributed by atoms with van der Waals surface area (Å²) in [6.45, 7) is 3.65. The van der Waals surface area contributed by atoms with Crippen LogP contribution in [-0.4, -0.2) is 54.3 Å². The van der Waals surface area contributed by atoms with Crippen LogP contribution in [0.25, 0.3) is 0 Å². The van der Waals surface area contributed by atoms with Gasteiger partial charge in [-0.25, -0.2) is 0 Å². The highest BCUT2D eigenvalue weighted by Gasteiger charge is 2.12. The highest BCUT2D eigenvalue weighted by Crippen LogP contribution is 2.14. The van der Waals surface area contributed by atoms with Crippen molar-refractivity contribution in [2.75, 3.05) is 33.2 Å². The molecule has 7 nitrogen and oxygen atoms in total. The van der Waals surface area contributed by atoms with Gasteiger partial charge in [0.05, 0.1) is 12.3 Å². The molecule has 7 heteroatoms. The molecule has 0 amide bonds. The maximum Gasteiger partial charge on any atom is 0.433 e. The van der Waals surface area contributed by atoms with Crippen LogP contribution in [0.5, 0.6) is 0 Å². The van der Waals surface area contributed by atoms with Crippen LogP contribution in [0.3, 0.4) is 0 Å². The van der Waals surface area contributed by atoms with E-state index in [-0.39, 0.29) is 5.88 Å². The number of furan rings is 1. The molecule has 0 radical (unpaired) electrons. The molecule has 1 saturated heterocycles. The van der Waals surface area contributed by atoms with Crippen molar-refractivity contribution >= 4 is 12.1 Å². The topological polar surface area (TPSA) is 75.1 Å². The summed E-state index contributed by atoms with van der Waals surface area (Å²) in [7, 11) is 2.07. The van der Waals surface area contributed by atoms with Gasteiger partial charge in [-0.1, -0.05) is 0 Å². The molecular weight excluding hydrogens is 224 g/mol. The first-order valence-corrected chi connectivity index (χ1v) is 5.37. The molecule has 0 N–H and O–H groups in total. The predicted octanol–water partition coefficient (Wildman–Crippen LogP) is 0.769. The van der Waals surface area contributed by atoms with Gasteiger partial charge in [0.25, 0.3) is 0 Å². The second-order valence-corrected chi connectivity index (χ2v) is 3.93. The average Bonchev–Trinajstić information content (AvgIpc) is 2.77. The number of hydrogen-bond donors (Lipinski definition) is 0. The van der Waals surface area contributed by atoms with Crippen LogP contribution >= 0.6 is 0 Å². The summed E-state index contributed by atoms with van der Waals surface area (Å²) in [6, 6.07) is 2.86. The highest BCUT2D eigenvalue weighted by atomic mass is 16.6. The zero-order valence-electron chi connectivity index (χ0n) is 9.57. The first kappa shape index (κ1) is 11.6. The number of nitrogens with zero attached hydrogens (tertiary/aromatic N) is 4. The lowest BCUT2D eigenvalue weighted by Crippen LogP contribution is -2.41. The van der Waals surface area contributed by atoms with Gasteiger partial charge in [0.2, 0.25) is 0 Å². The van der Waals surface area contributed by atoms with E-state index < -0.39 is 4.92 Å². The van der Waals surface area contributed by atoms with Crippen LogP contribution in [0.4, 0.5) is 5.88 Å². The normalized spacial score (nSPS) is 17.8. The molecule has 0 spiro atoms. The summed E-state index contributed by atoms with van der Waals surface area (Å²) in [6.07, 6.45) is 1.51. The molecule has 1 aliphatic heterocycles. The Balaban J connectivity index is 1.93. The molecule has 2 heterocycles. The third-order valence-electron chi connectivity index (χ3n) is 2.62. The van der Waals surface area contributed by atoms with Crippen LogP contribution < -0.4 is 0 Å². The molecule has 92 valence electrons. The monoisotopic (exact) mass is 238 g/mol. The van der Waals surface area contributed by atoms with E-state index in [0.29, 0.717) is 5.76 Å². The Labute approximate surface area is 98.4 Å². The van der Waals surface area contributed by atoms with Crippen molar-refractivity contribution in [1.29, 1.82) is 0 Å². The zero-order chi connectivity index (χ0) is 12.3. The maximum absolute atomic E-state index is 10.4. The number of nitro groups is 1. The van der Waals surface area contributed by atoms with Gasteiger partial charge in [-0.15, -0.1) is 0 Å². The Morgan fingerprint density at radius 1 is 1.41 bits per heavy atom. The fourth-order valence-electron chi connectivity index (χ4n) is 1.56. The predicted molar refractivity (Wildman–Crippen MR) is 62.0 cm³/mol. The van der Waals surface area contributed by atoms with Crippen LogP contribution in [-0.2, 0) is 0 Å². The maximum atomic E-state index is 10.4. The minimum atomic E-state index is -0.562. The van der Waals surface area contributed by atoms with Crippen LogP contribution in [0.1, 0.15) is 5.76 Å². The Hall–Kier alpha value is -1.89. The first-order valence-electron chi connectivity index (χ1n) is 5.37. The number of rotatable bonds is 3. The lowest BCUT2D eigenvalue weighted by molar-refractivity contribution is -0.402. The summed E-state index contributed by atoms with van der Waals surface area (Å²) in [5.74, 6) is 0.139. The largest absolute Gasteiger partial charge is 0.433 e. The standard InChI is InChI=1S/C10H14N4O3/c1-12-4-6-13(7-5-12)11-8-9-2-3-10(17-9)14(15)16/h2-3,8H,4-7H2,1H3/b11-8-. The molecule has 0 aliphatic carbocycles. The van der Waals surface area contributed by atoms with E-state index in [9.17, 15) is 10.1 Å². The van der Waals surface area contributed by atoms with Crippen molar-refractivity contribution in [1.82, 2.24) is 9.91 Å². The second kappa shape index (κ2) is 4.96. The van der Waals surface area contributed by atoms with Crippen molar-refractivity contribution in [2.45, 2.75) is 0 Å². The Morgan fingerprint density at radius 3 is 2.71 bits per heavy atom. The first-order chi connectivity index (χ1) is 8.15. The van der Waals surface area contributed by atoms with Crippen molar-refractivity contribution in [2.24, 2.45) is 5.10 Å². The molecule has 0 bridgehead atoms. The van der Waals surface area contributed by atoms with Gasteiger partial charge >= 0.3 is 5.88 Å². The molecule has 1 aromatic rings. The van der Waals surface area contributed by atoms with E-state index in [2.05, 4.69) is 17.0 Å². The van der Waals surface area contributed by atoms with Crippen molar-refractivity contribution in [3.63, 3.8) is 0 Å². The number of hydrazone groups is 1. The SMILES string of the molecule is CN1CCN(/N=C\c2ccc([N+](=O)[O-])o2)CC1. The van der Waals surface area contributed by atoms with Crippen LogP contribution in [0.15, 0.2) is 21.7 Å². The smallest absolute Gasteiger partial charge is 0.400 e. The molecule has 0 saturated carbocycles. The van der Waals surface area contributed by atoms with E-state index in [4.69, 9.17) is 4.42 Å². The summed E-state index contributed by atoms with van der Waals surface area (Å²) in [4.78, 5) is 12.1. The minimum absolute atomic E-state index is 0.259. The number of hydrogen-bond acceptors (Lipinski definition) is 6. The van der Waals surface area contributed by atoms with Gasteiger partial charge in [0.15, 0.2) is 5.76 Å². The van der Waals surface area contributed by atoms with Gasteiger partial charge in [-0.3, -0.25) is 15.1 Å². The van der Waals surface area contributed by atoms with Crippen molar-refractivity contribution < 1.29 is 9.34 Å². The molecule has 17 heavy (non-hydrogen) atoms. The van der Waals surface area contributed by atoms with Gasteiger partial charge in [-0.05, 0) is 13.1 Å². The summed E-state index contributed by atoms with van der Waals surface area (Å²) in [5.41, 5.74) is 0. The summed E-state index contributed by atoms with van der Waals surface area (Å²) in [5, 5.41) is 16.6. The molecule has 1 fully saturated rings. The second-order valence-electron chi connectivity index (χ2n) is 3.93. The van der Waals surface area contributed by atoms with Gasteiger partial charge in [0, 0.05) is 26.2 Å². The Bertz CT molecular complexity index is 421. The van der Waals surface area contributed by atoms with Crippen molar-refractivity contribution in [3.05, 3.63) is 28.0 Å². The van der Waals surface area contributed by atoms with E-state index in [1.807, 2.05) is 5.01 Å². The van der Waals surface area contributed by atoms with Gasteiger partial charge in [-0.2, -0.15) is 5.10 Å². The minimum Gasteiger partial charge on any atom is -0.400 e. The molecule has 0 aromatic carbocycles. The van der Waals surface area contributed by atoms with E-state index in [1.165, 1.54) is 18.3 Å². The molecule has 1 aliphatic rings. The lowest BCUT2D eigenvalue weighted by Gasteiger charge is -2.30. The Kier molecular flexibility index (Phi) is 3.38. The molecule has 0 atom stereocenters. The van der Waals surface area contributed by atoms with Gasteiger partial charge in [0.1, 0.15) is 4.92 Å². The zero-order valence-corrected chi connectivity index (χ0v) is 9.57. The molecule has 1 aromatic heterocycles. The van der Waals surface area contributed by atoms with Gasteiger partial charge < -0.3 is 9.32 Å². The molecule has 2 rings (SSSR count). The fraction of sp³-hybridized carbons (Fsp3) is 0.500. The average molecular weight is 238 g/mol.